The van der Waals surface area contributed by atoms with Crippen molar-refractivity contribution in [2.45, 2.75) is 26.2 Å². The van der Waals surface area contributed by atoms with E-state index in [9.17, 15) is 13.2 Å². The zero-order valence-corrected chi connectivity index (χ0v) is 14.4. The van der Waals surface area contributed by atoms with Gasteiger partial charge in [-0.1, -0.05) is 48.0 Å². The molecule has 134 valence electrons. The fourth-order valence-electron chi connectivity index (χ4n) is 3.16. The van der Waals surface area contributed by atoms with Gasteiger partial charge < -0.3 is 0 Å². The molecule has 2 aromatic rings. The fourth-order valence-corrected chi connectivity index (χ4v) is 3.16. The molecule has 0 N–H and O–H groups in total. The van der Waals surface area contributed by atoms with Crippen molar-refractivity contribution in [3.8, 4) is 0 Å². The molecule has 1 fully saturated rings. The molecular weight excluding hydrogens is 325 g/mol. The van der Waals surface area contributed by atoms with Crippen molar-refractivity contribution in [1.82, 2.24) is 9.80 Å². The molecule has 2 aromatic carbocycles. The van der Waals surface area contributed by atoms with E-state index in [0.29, 0.717) is 6.54 Å². The quantitative estimate of drug-likeness (QED) is 0.811. The van der Waals surface area contributed by atoms with E-state index >= 15 is 0 Å². The second-order valence-electron chi connectivity index (χ2n) is 6.74. The van der Waals surface area contributed by atoms with Crippen LogP contribution < -0.4 is 0 Å². The van der Waals surface area contributed by atoms with E-state index in [0.717, 1.165) is 44.4 Å². The van der Waals surface area contributed by atoms with E-state index in [1.54, 1.807) is 6.07 Å². The van der Waals surface area contributed by atoms with E-state index in [1.807, 2.05) is 0 Å². The molecular formula is C20H23F3N2. The number of benzene rings is 2. The van der Waals surface area contributed by atoms with Crippen LogP contribution >= 0.6 is 0 Å². The van der Waals surface area contributed by atoms with Crippen molar-refractivity contribution in [2.75, 3.05) is 26.2 Å². The van der Waals surface area contributed by atoms with Gasteiger partial charge in [0.1, 0.15) is 0 Å². The highest BCUT2D eigenvalue weighted by molar-refractivity contribution is 5.25. The summed E-state index contributed by atoms with van der Waals surface area (Å²) < 4.78 is 38.4. The van der Waals surface area contributed by atoms with Crippen molar-refractivity contribution in [2.24, 2.45) is 0 Å². The molecule has 1 heterocycles. The first-order valence-electron chi connectivity index (χ1n) is 8.56. The monoisotopic (exact) mass is 348 g/mol. The van der Waals surface area contributed by atoms with Gasteiger partial charge in [-0.3, -0.25) is 9.80 Å². The lowest BCUT2D eigenvalue weighted by atomic mass is 10.1. The minimum Gasteiger partial charge on any atom is -0.297 e. The predicted molar refractivity (Wildman–Crippen MR) is 93.2 cm³/mol. The summed E-state index contributed by atoms with van der Waals surface area (Å²) in [6.07, 6.45) is -4.28. The average molecular weight is 348 g/mol. The zero-order valence-electron chi connectivity index (χ0n) is 14.4. The summed E-state index contributed by atoms with van der Waals surface area (Å²) >= 11 is 0. The summed E-state index contributed by atoms with van der Waals surface area (Å²) in [5.41, 5.74) is 2.72. The molecule has 2 nitrogen and oxygen atoms in total. The molecule has 1 saturated heterocycles. The van der Waals surface area contributed by atoms with Crippen LogP contribution in [0.5, 0.6) is 0 Å². The average Bonchev–Trinajstić information content (AvgIpc) is 2.58. The van der Waals surface area contributed by atoms with Crippen LogP contribution in [0, 0.1) is 6.92 Å². The zero-order chi connectivity index (χ0) is 17.9. The van der Waals surface area contributed by atoms with Crippen molar-refractivity contribution >= 4 is 0 Å². The van der Waals surface area contributed by atoms with E-state index in [-0.39, 0.29) is 0 Å². The molecule has 0 saturated carbocycles. The summed E-state index contributed by atoms with van der Waals surface area (Å²) in [6.45, 7) is 7.21. The topological polar surface area (TPSA) is 6.48 Å². The number of piperazine rings is 1. The number of alkyl halides is 3. The van der Waals surface area contributed by atoms with Crippen LogP contribution in [0.1, 0.15) is 22.3 Å². The van der Waals surface area contributed by atoms with Crippen molar-refractivity contribution in [1.29, 1.82) is 0 Å². The van der Waals surface area contributed by atoms with Gasteiger partial charge in [0.15, 0.2) is 0 Å². The molecule has 0 bridgehead atoms. The Hall–Kier alpha value is -1.85. The van der Waals surface area contributed by atoms with Gasteiger partial charge in [0.2, 0.25) is 0 Å². The summed E-state index contributed by atoms with van der Waals surface area (Å²) in [5.74, 6) is 0. The standard InChI is InChI=1S/C20H23F3N2/c1-16-5-7-17(8-6-16)14-24-9-11-25(12-10-24)15-18-3-2-4-19(13-18)20(21,22)23/h2-8,13H,9-12,14-15H2,1H3. The van der Waals surface area contributed by atoms with Gasteiger partial charge in [0.25, 0.3) is 0 Å². The van der Waals surface area contributed by atoms with Crippen molar-refractivity contribution in [3.05, 3.63) is 70.8 Å². The SMILES string of the molecule is Cc1ccc(CN2CCN(Cc3cccc(C(F)(F)F)c3)CC2)cc1. The van der Waals surface area contributed by atoms with Gasteiger partial charge in [-0.25, -0.2) is 0 Å². The molecule has 3 rings (SSSR count). The molecule has 0 spiro atoms. The molecule has 1 aliphatic rings. The molecule has 0 aliphatic carbocycles. The first kappa shape index (κ1) is 18.0. The third-order valence-electron chi connectivity index (χ3n) is 4.65. The van der Waals surface area contributed by atoms with Gasteiger partial charge in [0, 0.05) is 39.3 Å². The molecule has 0 radical (unpaired) electrons. The van der Waals surface area contributed by atoms with Crippen LogP contribution in [-0.4, -0.2) is 36.0 Å². The number of nitrogens with zero attached hydrogens (tertiary/aromatic N) is 2. The minimum atomic E-state index is -4.28. The normalized spacial score (nSPS) is 17.0. The molecule has 5 heteroatoms. The maximum atomic E-state index is 12.8. The van der Waals surface area contributed by atoms with Gasteiger partial charge in [-0.2, -0.15) is 13.2 Å². The van der Waals surface area contributed by atoms with Gasteiger partial charge in [-0.15, -0.1) is 0 Å². The molecule has 0 aromatic heterocycles. The van der Waals surface area contributed by atoms with Crippen LogP contribution in [-0.2, 0) is 19.3 Å². The lowest BCUT2D eigenvalue weighted by Gasteiger charge is -2.34. The highest BCUT2D eigenvalue weighted by atomic mass is 19.4. The van der Waals surface area contributed by atoms with Crippen LogP contribution in [0.2, 0.25) is 0 Å². The van der Waals surface area contributed by atoms with Crippen molar-refractivity contribution in [3.63, 3.8) is 0 Å². The second-order valence-corrected chi connectivity index (χ2v) is 6.74. The number of rotatable bonds is 4. The second kappa shape index (κ2) is 7.58. The van der Waals surface area contributed by atoms with Gasteiger partial charge >= 0.3 is 6.18 Å². The van der Waals surface area contributed by atoms with Gasteiger partial charge in [0.05, 0.1) is 5.56 Å². The van der Waals surface area contributed by atoms with Crippen LogP contribution in [0.15, 0.2) is 48.5 Å². The van der Waals surface area contributed by atoms with E-state index < -0.39 is 11.7 Å². The Balaban J connectivity index is 1.52. The van der Waals surface area contributed by atoms with E-state index in [2.05, 4.69) is 41.0 Å². The Morgan fingerprint density at radius 3 is 1.92 bits per heavy atom. The maximum Gasteiger partial charge on any atom is 0.416 e. The number of halogens is 3. The molecule has 0 unspecified atom stereocenters. The predicted octanol–water partition coefficient (Wildman–Crippen LogP) is 4.33. The van der Waals surface area contributed by atoms with Crippen LogP contribution in [0.4, 0.5) is 13.2 Å². The lowest BCUT2D eigenvalue weighted by molar-refractivity contribution is -0.137. The molecule has 0 amide bonds. The number of hydrogen-bond acceptors (Lipinski definition) is 2. The molecule has 1 aliphatic heterocycles. The Morgan fingerprint density at radius 2 is 1.36 bits per heavy atom. The fraction of sp³-hybridized carbons (Fsp3) is 0.400. The van der Waals surface area contributed by atoms with Crippen molar-refractivity contribution < 1.29 is 13.2 Å². The first-order valence-corrected chi connectivity index (χ1v) is 8.56. The Morgan fingerprint density at radius 1 is 0.800 bits per heavy atom. The number of aryl methyl sites for hydroxylation is 1. The van der Waals surface area contributed by atoms with Gasteiger partial charge in [-0.05, 0) is 24.1 Å². The molecule has 0 atom stereocenters. The third-order valence-corrected chi connectivity index (χ3v) is 4.65. The van der Waals surface area contributed by atoms with Crippen LogP contribution in [0.3, 0.4) is 0 Å². The maximum absolute atomic E-state index is 12.8. The lowest BCUT2D eigenvalue weighted by Crippen LogP contribution is -2.45. The molecule has 25 heavy (non-hydrogen) atoms. The van der Waals surface area contributed by atoms with Crippen LogP contribution in [0.25, 0.3) is 0 Å². The Kier molecular flexibility index (Phi) is 5.45. The summed E-state index contributed by atoms with van der Waals surface area (Å²) in [4.78, 5) is 4.62. The smallest absolute Gasteiger partial charge is 0.297 e. The number of hydrogen-bond donors (Lipinski definition) is 0. The summed E-state index contributed by atoms with van der Waals surface area (Å²) in [6, 6.07) is 14.2. The van der Waals surface area contributed by atoms with E-state index in [1.165, 1.54) is 23.3 Å². The minimum absolute atomic E-state index is 0.567. The van der Waals surface area contributed by atoms with E-state index in [4.69, 9.17) is 0 Å². The third kappa shape index (κ3) is 5.06. The summed E-state index contributed by atoms with van der Waals surface area (Å²) in [7, 11) is 0. The largest absolute Gasteiger partial charge is 0.416 e. The highest BCUT2D eigenvalue weighted by Crippen LogP contribution is 2.29. The Bertz CT molecular complexity index is 687. The first-order chi connectivity index (χ1) is 11.9. The Labute approximate surface area is 146 Å². The highest BCUT2D eigenvalue weighted by Gasteiger charge is 2.30. The summed E-state index contributed by atoms with van der Waals surface area (Å²) in [5, 5.41) is 0.